The lowest BCUT2D eigenvalue weighted by Crippen LogP contribution is -2.09. The van der Waals surface area contributed by atoms with Gasteiger partial charge < -0.3 is 5.32 Å². The summed E-state index contributed by atoms with van der Waals surface area (Å²) in [5.74, 6) is 1.47. The van der Waals surface area contributed by atoms with Gasteiger partial charge in [-0.3, -0.25) is 0 Å². The summed E-state index contributed by atoms with van der Waals surface area (Å²) in [6.45, 7) is 4.06. The number of anilines is 1. The van der Waals surface area contributed by atoms with Gasteiger partial charge in [-0.1, -0.05) is 42.3 Å². The van der Waals surface area contributed by atoms with Crippen molar-refractivity contribution in [2.75, 3.05) is 5.32 Å². The average molecular weight is 296 g/mol. The highest BCUT2D eigenvalue weighted by molar-refractivity contribution is 6.30. The lowest BCUT2D eigenvalue weighted by atomic mass is 10.1. The first-order valence-corrected chi connectivity index (χ1v) is 6.89. The van der Waals surface area contributed by atoms with Gasteiger partial charge >= 0.3 is 0 Å². The Morgan fingerprint density at radius 3 is 2.47 bits per heavy atom. The number of hydrogen-bond acceptors (Lipinski definition) is 3. The molecule has 0 saturated carbocycles. The van der Waals surface area contributed by atoms with Gasteiger partial charge in [0.25, 0.3) is 0 Å². The zero-order chi connectivity index (χ0) is 13.8. The molecule has 2 rings (SSSR count). The summed E-state index contributed by atoms with van der Waals surface area (Å²) < 4.78 is 0. The second kappa shape index (κ2) is 6.22. The summed E-state index contributed by atoms with van der Waals surface area (Å²) in [7, 11) is 0. The van der Waals surface area contributed by atoms with Crippen LogP contribution in [0.15, 0.2) is 30.3 Å². The van der Waals surface area contributed by atoms with Crippen molar-refractivity contribution >= 4 is 29.0 Å². The third-order valence-electron chi connectivity index (χ3n) is 2.79. The molecule has 2 aromatic rings. The molecule has 0 radical (unpaired) electrons. The van der Waals surface area contributed by atoms with Crippen molar-refractivity contribution in [1.82, 2.24) is 9.97 Å². The quantitative estimate of drug-likeness (QED) is 0.843. The molecule has 0 aliphatic rings. The van der Waals surface area contributed by atoms with E-state index in [1.54, 1.807) is 6.07 Å². The second-order valence-electron chi connectivity index (χ2n) is 4.26. The van der Waals surface area contributed by atoms with Gasteiger partial charge in [-0.2, -0.15) is 0 Å². The minimum absolute atomic E-state index is 0.118. The van der Waals surface area contributed by atoms with E-state index in [2.05, 4.69) is 22.2 Å². The Balaban J connectivity index is 2.16. The molecule has 1 unspecified atom stereocenters. The summed E-state index contributed by atoms with van der Waals surface area (Å²) in [5, 5.41) is 4.50. The first-order chi connectivity index (χ1) is 9.08. The van der Waals surface area contributed by atoms with E-state index in [1.165, 1.54) is 0 Å². The summed E-state index contributed by atoms with van der Waals surface area (Å²) in [4.78, 5) is 8.54. The van der Waals surface area contributed by atoms with E-state index in [4.69, 9.17) is 23.2 Å². The molecule has 3 nitrogen and oxygen atoms in total. The van der Waals surface area contributed by atoms with Crippen LogP contribution >= 0.6 is 23.2 Å². The van der Waals surface area contributed by atoms with Crippen LogP contribution in [0.25, 0.3) is 0 Å². The number of benzene rings is 1. The highest BCUT2D eigenvalue weighted by Crippen LogP contribution is 2.21. The Morgan fingerprint density at radius 1 is 1.16 bits per heavy atom. The van der Waals surface area contributed by atoms with Crippen LogP contribution in [-0.4, -0.2) is 9.97 Å². The zero-order valence-electron chi connectivity index (χ0n) is 10.8. The third kappa shape index (κ3) is 3.82. The zero-order valence-corrected chi connectivity index (χ0v) is 12.3. The molecule has 0 bridgehead atoms. The maximum atomic E-state index is 5.97. The Hall–Kier alpha value is -1.32. The number of rotatable bonds is 4. The van der Waals surface area contributed by atoms with E-state index < -0.39 is 0 Å². The number of halogens is 2. The minimum Gasteiger partial charge on any atom is -0.363 e. The maximum Gasteiger partial charge on any atom is 0.134 e. The lowest BCUT2D eigenvalue weighted by molar-refractivity contribution is 0.857. The molecule has 19 heavy (non-hydrogen) atoms. The minimum atomic E-state index is 0.118. The largest absolute Gasteiger partial charge is 0.363 e. The van der Waals surface area contributed by atoms with Crippen molar-refractivity contribution in [2.24, 2.45) is 0 Å². The van der Waals surface area contributed by atoms with Crippen LogP contribution in [0.2, 0.25) is 10.2 Å². The van der Waals surface area contributed by atoms with Gasteiger partial charge in [0, 0.05) is 23.6 Å². The Bertz CT molecular complexity index is 555. The molecule has 0 amide bonds. The summed E-state index contributed by atoms with van der Waals surface area (Å²) >= 11 is 11.8. The van der Waals surface area contributed by atoms with Crippen molar-refractivity contribution in [3.8, 4) is 0 Å². The molecule has 0 aliphatic carbocycles. The predicted octanol–water partition coefficient (Wildman–Crippen LogP) is 4.52. The molecule has 0 aliphatic heterocycles. The molecule has 5 heteroatoms. The van der Waals surface area contributed by atoms with Crippen LogP contribution in [0.4, 0.5) is 5.82 Å². The monoisotopic (exact) mass is 295 g/mol. The normalized spacial score (nSPS) is 12.2. The molecule has 1 aromatic carbocycles. The summed E-state index contributed by atoms with van der Waals surface area (Å²) in [6.07, 6.45) is 0.755. The van der Waals surface area contributed by atoms with Gasteiger partial charge in [0.1, 0.15) is 16.8 Å². The van der Waals surface area contributed by atoms with E-state index in [0.717, 1.165) is 28.6 Å². The maximum absolute atomic E-state index is 5.97. The first-order valence-electron chi connectivity index (χ1n) is 6.14. The Labute approximate surface area is 123 Å². The van der Waals surface area contributed by atoms with Crippen molar-refractivity contribution in [3.63, 3.8) is 0 Å². The van der Waals surface area contributed by atoms with Crippen molar-refractivity contribution < 1.29 is 0 Å². The van der Waals surface area contributed by atoms with Gasteiger partial charge in [-0.25, -0.2) is 9.97 Å². The van der Waals surface area contributed by atoms with Crippen molar-refractivity contribution in [2.45, 2.75) is 26.3 Å². The van der Waals surface area contributed by atoms with Crippen molar-refractivity contribution in [3.05, 3.63) is 51.9 Å². The molecule has 100 valence electrons. The highest BCUT2D eigenvalue weighted by atomic mass is 35.5. The van der Waals surface area contributed by atoms with Crippen molar-refractivity contribution in [1.29, 1.82) is 0 Å². The van der Waals surface area contributed by atoms with Crippen LogP contribution in [0.1, 0.15) is 31.3 Å². The fraction of sp³-hybridized carbons (Fsp3) is 0.286. The number of aryl methyl sites for hydroxylation is 1. The average Bonchev–Trinajstić information content (AvgIpc) is 2.38. The van der Waals surface area contributed by atoms with E-state index in [-0.39, 0.29) is 6.04 Å². The van der Waals surface area contributed by atoms with Crippen LogP contribution < -0.4 is 5.32 Å². The summed E-state index contributed by atoms with van der Waals surface area (Å²) in [5.41, 5.74) is 1.14. The molecular weight excluding hydrogens is 281 g/mol. The molecule has 1 atom stereocenters. The van der Waals surface area contributed by atoms with E-state index in [1.807, 2.05) is 31.2 Å². The van der Waals surface area contributed by atoms with E-state index in [0.29, 0.717) is 5.15 Å². The van der Waals surface area contributed by atoms with Gasteiger partial charge in [-0.15, -0.1) is 0 Å². The number of hydrogen-bond donors (Lipinski definition) is 1. The highest BCUT2D eigenvalue weighted by Gasteiger charge is 2.08. The van der Waals surface area contributed by atoms with Crippen LogP contribution in [0.3, 0.4) is 0 Å². The topological polar surface area (TPSA) is 37.8 Å². The standard InChI is InChI=1S/C14H15Cl2N3/c1-3-13-18-12(16)8-14(19-13)17-9(2)10-4-6-11(15)7-5-10/h4-9H,3H2,1-2H3,(H,17,18,19). The van der Waals surface area contributed by atoms with E-state index in [9.17, 15) is 0 Å². The SMILES string of the molecule is CCc1nc(Cl)cc(NC(C)c2ccc(Cl)cc2)n1. The molecular formula is C14H15Cl2N3. The van der Waals surface area contributed by atoms with Gasteiger partial charge in [0.15, 0.2) is 0 Å². The Morgan fingerprint density at radius 2 is 1.84 bits per heavy atom. The molecule has 1 N–H and O–H groups in total. The molecule has 0 fully saturated rings. The number of nitrogens with zero attached hydrogens (tertiary/aromatic N) is 2. The summed E-state index contributed by atoms with van der Waals surface area (Å²) in [6, 6.07) is 9.58. The van der Waals surface area contributed by atoms with Crippen LogP contribution in [0, 0.1) is 0 Å². The molecule has 1 aromatic heterocycles. The number of nitrogens with one attached hydrogen (secondary N) is 1. The first kappa shape index (κ1) is 14.1. The van der Waals surface area contributed by atoms with Gasteiger partial charge in [-0.05, 0) is 24.6 Å². The number of aromatic nitrogens is 2. The molecule has 0 saturated heterocycles. The smallest absolute Gasteiger partial charge is 0.134 e. The third-order valence-corrected chi connectivity index (χ3v) is 3.24. The fourth-order valence-electron chi connectivity index (χ4n) is 1.75. The molecule has 0 spiro atoms. The van der Waals surface area contributed by atoms with Crippen LogP contribution in [0.5, 0.6) is 0 Å². The second-order valence-corrected chi connectivity index (χ2v) is 5.09. The molecule has 1 heterocycles. The predicted molar refractivity (Wildman–Crippen MR) is 79.9 cm³/mol. The fourth-order valence-corrected chi connectivity index (χ4v) is 2.08. The van der Waals surface area contributed by atoms with E-state index >= 15 is 0 Å². The Kier molecular flexibility index (Phi) is 4.61. The van der Waals surface area contributed by atoms with Gasteiger partial charge in [0.2, 0.25) is 0 Å². The van der Waals surface area contributed by atoms with Gasteiger partial charge in [0.05, 0.1) is 0 Å². The van der Waals surface area contributed by atoms with Crippen LogP contribution in [-0.2, 0) is 6.42 Å². The lowest BCUT2D eigenvalue weighted by Gasteiger charge is -2.15.